The zero-order chi connectivity index (χ0) is 13.1. The van der Waals surface area contributed by atoms with Gasteiger partial charge in [-0.3, -0.25) is 10.1 Å². The van der Waals surface area contributed by atoms with Crippen LogP contribution in [0.4, 0.5) is 11.9 Å². The maximum atomic E-state index is 5.46. The highest BCUT2D eigenvalue weighted by Gasteiger charge is 2.10. The summed E-state index contributed by atoms with van der Waals surface area (Å²) in [4.78, 5) is 13.9. The first kappa shape index (κ1) is 12.0. The van der Waals surface area contributed by atoms with E-state index in [1.807, 2.05) is 14.1 Å². The topological polar surface area (TPSA) is 107 Å². The second-order valence-corrected chi connectivity index (χ2v) is 3.73. The van der Waals surface area contributed by atoms with Crippen molar-refractivity contribution in [3.63, 3.8) is 0 Å². The molecule has 2 aromatic rings. The standard InChI is InChI=1S/C9H14N8O/c1-16(2)8-12-7(15-10)13-9(14-8)18-6-4-11-17(3)5-6/h4-5H,10H2,1-3H3,(H,12,13,14,15). The lowest BCUT2D eigenvalue weighted by atomic mass is 10.6. The molecule has 9 nitrogen and oxygen atoms in total. The van der Waals surface area contributed by atoms with Crippen LogP contribution in [0.1, 0.15) is 0 Å². The lowest BCUT2D eigenvalue weighted by Gasteiger charge is -2.11. The zero-order valence-electron chi connectivity index (χ0n) is 10.3. The Labute approximate surface area is 104 Å². The fourth-order valence-electron chi connectivity index (χ4n) is 1.21. The minimum absolute atomic E-state index is 0.148. The number of hydrazine groups is 1. The molecule has 0 radical (unpaired) electrons. The van der Waals surface area contributed by atoms with Crippen LogP contribution in [0.25, 0.3) is 0 Å². The van der Waals surface area contributed by atoms with Crippen LogP contribution in [0.5, 0.6) is 11.8 Å². The normalized spacial score (nSPS) is 10.2. The molecule has 0 spiro atoms. The van der Waals surface area contributed by atoms with Gasteiger partial charge in [0, 0.05) is 21.1 Å². The highest BCUT2D eigenvalue weighted by Crippen LogP contribution is 2.19. The maximum Gasteiger partial charge on any atom is 0.328 e. The number of hydrogen-bond donors (Lipinski definition) is 2. The molecule has 3 N–H and O–H groups in total. The van der Waals surface area contributed by atoms with Crippen molar-refractivity contribution in [3.8, 4) is 11.8 Å². The molecule has 2 rings (SSSR count). The Morgan fingerprint density at radius 1 is 1.33 bits per heavy atom. The quantitative estimate of drug-likeness (QED) is 0.565. The van der Waals surface area contributed by atoms with E-state index in [2.05, 4.69) is 25.5 Å². The summed E-state index contributed by atoms with van der Waals surface area (Å²) in [5.41, 5.74) is 2.36. The molecular formula is C9H14N8O. The summed E-state index contributed by atoms with van der Waals surface area (Å²) in [5, 5.41) is 3.98. The fourth-order valence-corrected chi connectivity index (χ4v) is 1.21. The molecule has 0 aliphatic carbocycles. The van der Waals surface area contributed by atoms with E-state index in [1.54, 1.807) is 29.0 Å². The third kappa shape index (κ3) is 2.63. The van der Waals surface area contributed by atoms with Crippen molar-refractivity contribution in [2.24, 2.45) is 12.9 Å². The number of aryl methyl sites for hydroxylation is 1. The summed E-state index contributed by atoms with van der Waals surface area (Å²) in [7, 11) is 5.41. The van der Waals surface area contributed by atoms with Gasteiger partial charge in [-0.05, 0) is 0 Å². The van der Waals surface area contributed by atoms with Crippen LogP contribution in [0.3, 0.4) is 0 Å². The summed E-state index contributed by atoms with van der Waals surface area (Å²) in [6.07, 6.45) is 3.27. The van der Waals surface area contributed by atoms with E-state index in [-0.39, 0.29) is 12.0 Å². The van der Waals surface area contributed by atoms with Crippen molar-refractivity contribution in [1.29, 1.82) is 0 Å². The lowest BCUT2D eigenvalue weighted by Crippen LogP contribution is -2.17. The van der Waals surface area contributed by atoms with Crippen molar-refractivity contribution < 1.29 is 4.74 Å². The third-order valence-electron chi connectivity index (χ3n) is 2.02. The number of nitrogens with zero attached hydrogens (tertiary/aromatic N) is 6. The molecule has 96 valence electrons. The first-order valence-corrected chi connectivity index (χ1v) is 5.15. The SMILES string of the molecule is CN(C)c1nc(NN)nc(Oc2cnn(C)c2)n1. The minimum Gasteiger partial charge on any atom is -0.421 e. The Kier molecular flexibility index (Phi) is 3.24. The van der Waals surface area contributed by atoms with E-state index < -0.39 is 0 Å². The van der Waals surface area contributed by atoms with Crippen LogP contribution >= 0.6 is 0 Å². The number of anilines is 2. The van der Waals surface area contributed by atoms with Gasteiger partial charge >= 0.3 is 6.01 Å². The summed E-state index contributed by atoms with van der Waals surface area (Å²) in [6, 6.07) is 0.148. The Balaban J connectivity index is 2.29. The number of nitrogens with one attached hydrogen (secondary N) is 1. The molecule has 0 aromatic carbocycles. The van der Waals surface area contributed by atoms with Crippen molar-refractivity contribution in [3.05, 3.63) is 12.4 Å². The number of hydrogen-bond acceptors (Lipinski definition) is 8. The average Bonchev–Trinajstić information content (AvgIpc) is 2.74. The van der Waals surface area contributed by atoms with Gasteiger partial charge in [-0.2, -0.15) is 20.1 Å². The predicted molar refractivity (Wildman–Crippen MR) is 65.2 cm³/mol. The van der Waals surface area contributed by atoms with Gasteiger partial charge in [0.25, 0.3) is 0 Å². The molecule has 9 heteroatoms. The van der Waals surface area contributed by atoms with E-state index in [4.69, 9.17) is 10.6 Å². The molecule has 2 heterocycles. The Bertz CT molecular complexity index is 537. The van der Waals surface area contributed by atoms with Crippen LogP contribution in [-0.2, 0) is 7.05 Å². The molecule has 0 saturated heterocycles. The molecule has 0 atom stereocenters. The number of rotatable bonds is 4. The van der Waals surface area contributed by atoms with Crippen LogP contribution in [0, 0.1) is 0 Å². The highest BCUT2D eigenvalue weighted by molar-refractivity contribution is 5.36. The molecule has 0 aliphatic heterocycles. The molecule has 2 aromatic heterocycles. The number of nitrogen functional groups attached to an aromatic ring is 1. The summed E-state index contributed by atoms with van der Waals surface area (Å²) >= 11 is 0. The first-order valence-electron chi connectivity index (χ1n) is 5.15. The van der Waals surface area contributed by atoms with Gasteiger partial charge < -0.3 is 9.64 Å². The van der Waals surface area contributed by atoms with Gasteiger partial charge in [0.1, 0.15) is 0 Å². The highest BCUT2D eigenvalue weighted by atomic mass is 16.5. The Morgan fingerprint density at radius 3 is 2.67 bits per heavy atom. The summed E-state index contributed by atoms with van der Waals surface area (Å²) in [5.74, 6) is 6.50. The smallest absolute Gasteiger partial charge is 0.328 e. The first-order chi connectivity index (χ1) is 8.58. The molecule has 0 saturated carbocycles. The monoisotopic (exact) mass is 250 g/mol. The van der Waals surface area contributed by atoms with Gasteiger partial charge in [0.05, 0.1) is 12.4 Å². The Morgan fingerprint density at radius 2 is 2.11 bits per heavy atom. The van der Waals surface area contributed by atoms with Crippen molar-refractivity contribution in [2.75, 3.05) is 24.4 Å². The van der Waals surface area contributed by atoms with E-state index in [0.717, 1.165) is 0 Å². The van der Waals surface area contributed by atoms with E-state index >= 15 is 0 Å². The van der Waals surface area contributed by atoms with Crippen LogP contribution in [0.2, 0.25) is 0 Å². The van der Waals surface area contributed by atoms with E-state index in [9.17, 15) is 0 Å². The predicted octanol–water partition coefficient (Wildman–Crippen LogP) is -0.251. The van der Waals surface area contributed by atoms with Crippen LogP contribution < -0.4 is 20.9 Å². The van der Waals surface area contributed by atoms with Crippen molar-refractivity contribution >= 4 is 11.9 Å². The maximum absolute atomic E-state index is 5.46. The van der Waals surface area contributed by atoms with Crippen LogP contribution in [-0.4, -0.2) is 38.8 Å². The van der Waals surface area contributed by atoms with E-state index in [0.29, 0.717) is 11.7 Å². The van der Waals surface area contributed by atoms with Gasteiger partial charge in [-0.15, -0.1) is 0 Å². The lowest BCUT2D eigenvalue weighted by molar-refractivity contribution is 0.440. The van der Waals surface area contributed by atoms with Gasteiger partial charge in [0.15, 0.2) is 5.75 Å². The van der Waals surface area contributed by atoms with Crippen molar-refractivity contribution in [1.82, 2.24) is 24.7 Å². The second kappa shape index (κ2) is 4.84. The number of nitrogens with two attached hydrogens (primary N) is 1. The van der Waals surface area contributed by atoms with Crippen molar-refractivity contribution in [2.45, 2.75) is 0 Å². The molecule has 18 heavy (non-hydrogen) atoms. The molecular weight excluding hydrogens is 236 g/mol. The number of aromatic nitrogens is 5. The zero-order valence-corrected chi connectivity index (χ0v) is 10.3. The average molecular weight is 250 g/mol. The third-order valence-corrected chi connectivity index (χ3v) is 2.02. The van der Waals surface area contributed by atoms with Gasteiger partial charge in [-0.25, -0.2) is 5.84 Å². The summed E-state index contributed by atoms with van der Waals surface area (Å²) < 4.78 is 7.08. The van der Waals surface area contributed by atoms with Gasteiger partial charge in [-0.1, -0.05) is 0 Å². The number of ether oxygens (including phenoxy) is 1. The molecule has 0 aliphatic rings. The fraction of sp³-hybridized carbons (Fsp3) is 0.333. The molecule has 0 bridgehead atoms. The van der Waals surface area contributed by atoms with Gasteiger partial charge in [0.2, 0.25) is 11.9 Å². The minimum atomic E-state index is 0.148. The molecule has 0 unspecified atom stereocenters. The molecule has 0 fully saturated rings. The second-order valence-electron chi connectivity index (χ2n) is 3.73. The Hall–Kier alpha value is -2.42. The van der Waals surface area contributed by atoms with E-state index in [1.165, 1.54) is 0 Å². The summed E-state index contributed by atoms with van der Waals surface area (Å²) in [6.45, 7) is 0. The van der Waals surface area contributed by atoms with Crippen LogP contribution in [0.15, 0.2) is 12.4 Å². The molecule has 0 amide bonds. The largest absolute Gasteiger partial charge is 0.421 e.